The van der Waals surface area contributed by atoms with Crippen LogP contribution >= 0.6 is 0 Å². The van der Waals surface area contributed by atoms with Gasteiger partial charge in [-0.1, -0.05) is 0 Å². The van der Waals surface area contributed by atoms with E-state index in [4.69, 9.17) is 5.11 Å². The molecule has 1 aromatic rings. The molecule has 1 saturated heterocycles. The summed E-state index contributed by atoms with van der Waals surface area (Å²) in [5.74, 6) is 0.749. The zero-order valence-electron chi connectivity index (χ0n) is 10.9. The maximum Gasteiger partial charge on any atom is 0.303 e. The van der Waals surface area contributed by atoms with Gasteiger partial charge in [0.15, 0.2) is 5.82 Å². The standard InChI is InChI=1S/C12H19N5O2/c18-12(19)4-1-9-5-6-16(7-9)8-11-13-14-15-17(11)10-2-3-10/h9-10H,1-8H2,(H,18,19). The first-order chi connectivity index (χ1) is 9.22. The number of carbonyl (C=O) groups is 1. The lowest BCUT2D eigenvalue weighted by Crippen LogP contribution is -2.23. The SMILES string of the molecule is O=C(O)CCC1CCN(Cc2nnnn2C2CC2)C1. The molecule has 1 aliphatic carbocycles. The Kier molecular flexibility index (Phi) is 3.46. The molecule has 2 heterocycles. The topological polar surface area (TPSA) is 84.1 Å². The van der Waals surface area contributed by atoms with E-state index in [2.05, 4.69) is 20.4 Å². The molecule has 2 aliphatic rings. The number of carboxylic acids is 1. The number of hydrogen-bond donors (Lipinski definition) is 1. The molecule has 0 radical (unpaired) electrons. The molecule has 19 heavy (non-hydrogen) atoms. The van der Waals surface area contributed by atoms with Gasteiger partial charge in [-0.2, -0.15) is 0 Å². The molecule has 0 spiro atoms. The lowest BCUT2D eigenvalue weighted by molar-refractivity contribution is -0.137. The number of nitrogens with zero attached hydrogens (tertiary/aromatic N) is 5. The molecular formula is C12H19N5O2. The monoisotopic (exact) mass is 265 g/mol. The van der Waals surface area contributed by atoms with Crippen LogP contribution in [-0.2, 0) is 11.3 Å². The van der Waals surface area contributed by atoms with Gasteiger partial charge in [-0.05, 0) is 48.6 Å². The zero-order valence-corrected chi connectivity index (χ0v) is 10.9. The summed E-state index contributed by atoms with van der Waals surface area (Å²) in [6.45, 7) is 2.76. The second-order valence-corrected chi connectivity index (χ2v) is 5.59. The molecule has 104 valence electrons. The number of hydrogen-bond acceptors (Lipinski definition) is 5. The largest absolute Gasteiger partial charge is 0.481 e. The number of aromatic nitrogens is 4. The summed E-state index contributed by atoms with van der Waals surface area (Å²) in [4.78, 5) is 12.9. The third kappa shape index (κ3) is 3.09. The number of likely N-dealkylation sites (tertiary alicyclic amines) is 1. The fourth-order valence-electron chi connectivity index (χ4n) is 2.74. The molecule has 7 heteroatoms. The molecule has 2 fully saturated rings. The quantitative estimate of drug-likeness (QED) is 0.815. The van der Waals surface area contributed by atoms with Crippen LogP contribution in [0.3, 0.4) is 0 Å². The summed E-state index contributed by atoms with van der Waals surface area (Å²) in [7, 11) is 0. The summed E-state index contributed by atoms with van der Waals surface area (Å²) in [5.41, 5.74) is 0. The maximum absolute atomic E-state index is 10.6. The van der Waals surface area contributed by atoms with Crippen molar-refractivity contribution in [3.63, 3.8) is 0 Å². The number of rotatable bonds is 6. The van der Waals surface area contributed by atoms with Gasteiger partial charge in [-0.3, -0.25) is 9.69 Å². The van der Waals surface area contributed by atoms with Crippen molar-refractivity contribution in [3.8, 4) is 0 Å². The van der Waals surface area contributed by atoms with Crippen LogP contribution in [0.2, 0.25) is 0 Å². The highest BCUT2D eigenvalue weighted by Crippen LogP contribution is 2.34. The highest BCUT2D eigenvalue weighted by molar-refractivity contribution is 5.66. The molecule has 3 rings (SSSR count). The number of tetrazole rings is 1. The summed E-state index contributed by atoms with van der Waals surface area (Å²) in [6.07, 6.45) is 4.49. The average molecular weight is 265 g/mol. The third-order valence-electron chi connectivity index (χ3n) is 3.96. The number of aliphatic carboxylic acids is 1. The average Bonchev–Trinajstić information content (AvgIpc) is 2.95. The van der Waals surface area contributed by atoms with Crippen molar-refractivity contribution >= 4 is 5.97 Å². The van der Waals surface area contributed by atoms with Crippen LogP contribution in [0.4, 0.5) is 0 Å². The number of carboxylic acid groups (broad SMARTS) is 1. The van der Waals surface area contributed by atoms with E-state index in [1.165, 1.54) is 12.8 Å². The molecule has 1 atom stereocenters. The van der Waals surface area contributed by atoms with Crippen LogP contribution in [0.15, 0.2) is 0 Å². The Morgan fingerprint density at radius 3 is 2.95 bits per heavy atom. The van der Waals surface area contributed by atoms with E-state index in [9.17, 15) is 4.79 Å². The van der Waals surface area contributed by atoms with E-state index < -0.39 is 5.97 Å². The summed E-state index contributed by atoms with van der Waals surface area (Å²) < 4.78 is 1.95. The summed E-state index contributed by atoms with van der Waals surface area (Å²) in [6, 6.07) is 0.510. The molecule has 1 saturated carbocycles. The first kappa shape index (κ1) is 12.5. The van der Waals surface area contributed by atoms with Crippen molar-refractivity contribution in [2.45, 2.75) is 44.7 Å². The molecule has 0 bridgehead atoms. The second-order valence-electron chi connectivity index (χ2n) is 5.59. The predicted molar refractivity (Wildman–Crippen MR) is 66.3 cm³/mol. The molecule has 1 aliphatic heterocycles. The molecule has 0 aromatic carbocycles. The van der Waals surface area contributed by atoms with Crippen LogP contribution < -0.4 is 0 Å². The molecule has 1 aromatic heterocycles. The van der Waals surface area contributed by atoms with Crippen molar-refractivity contribution in [2.75, 3.05) is 13.1 Å². The Morgan fingerprint density at radius 2 is 2.21 bits per heavy atom. The van der Waals surface area contributed by atoms with Crippen LogP contribution in [0.5, 0.6) is 0 Å². The fourth-order valence-corrected chi connectivity index (χ4v) is 2.74. The second kappa shape index (κ2) is 5.24. The molecule has 1 unspecified atom stereocenters. The Morgan fingerprint density at radius 1 is 1.37 bits per heavy atom. The lowest BCUT2D eigenvalue weighted by atomic mass is 10.0. The maximum atomic E-state index is 10.6. The summed E-state index contributed by atoms with van der Waals surface area (Å²) in [5, 5.41) is 20.6. The molecule has 7 nitrogen and oxygen atoms in total. The van der Waals surface area contributed by atoms with E-state index in [-0.39, 0.29) is 6.42 Å². The Bertz CT molecular complexity index is 457. The fraction of sp³-hybridized carbons (Fsp3) is 0.833. The lowest BCUT2D eigenvalue weighted by Gasteiger charge is -2.15. The van der Waals surface area contributed by atoms with Crippen LogP contribution in [0, 0.1) is 5.92 Å². The van der Waals surface area contributed by atoms with Crippen LogP contribution in [0.25, 0.3) is 0 Å². The third-order valence-corrected chi connectivity index (χ3v) is 3.96. The van der Waals surface area contributed by atoms with Crippen LogP contribution in [-0.4, -0.2) is 49.3 Å². The van der Waals surface area contributed by atoms with Crippen molar-refractivity contribution in [2.24, 2.45) is 5.92 Å². The van der Waals surface area contributed by atoms with Gasteiger partial charge < -0.3 is 5.11 Å². The highest BCUT2D eigenvalue weighted by Gasteiger charge is 2.30. The van der Waals surface area contributed by atoms with Gasteiger partial charge in [0.05, 0.1) is 12.6 Å². The van der Waals surface area contributed by atoms with Gasteiger partial charge in [0.25, 0.3) is 0 Å². The minimum absolute atomic E-state index is 0.276. The van der Waals surface area contributed by atoms with E-state index in [1.54, 1.807) is 0 Å². The summed E-state index contributed by atoms with van der Waals surface area (Å²) >= 11 is 0. The van der Waals surface area contributed by atoms with Crippen molar-refractivity contribution in [1.29, 1.82) is 0 Å². The van der Waals surface area contributed by atoms with E-state index in [0.29, 0.717) is 12.0 Å². The molecule has 0 amide bonds. The van der Waals surface area contributed by atoms with Crippen molar-refractivity contribution < 1.29 is 9.90 Å². The van der Waals surface area contributed by atoms with Gasteiger partial charge in [0, 0.05) is 13.0 Å². The van der Waals surface area contributed by atoms with Gasteiger partial charge in [0.1, 0.15) is 0 Å². The Hall–Kier alpha value is -1.50. The van der Waals surface area contributed by atoms with E-state index >= 15 is 0 Å². The van der Waals surface area contributed by atoms with E-state index in [0.717, 1.165) is 38.3 Å². The predicted octanol–water partition coefficient (Wildman–Crippen LogP) is 0.695. The van der Waals surface area contributed by atoms with E-state index in [1.807, 2.05) is 4.68 Å². The van der Waals surface area contributed by atoms with Gasteiger partial charge >= 0.3 is 5.97 Å². The van der Waals surface area contributed by atoms with Crippen LogP contribution in [0.1, 0.15) is 44.0 Å². The Labute approximate surface area is 111 Å². The zero-order chi connectivity index (χ0) is 13.2. The first-order valence-corrected chi connectivity index (χ1v) is 6.93. The smallest absolute Gasteiger partial charge is 0.303 e. The van der Waals surface area contributed by atoms with Crippen molar-refractivity contribution in [3.05, 3.63) is 5.82 Å². The highest BCUT2D eigenvalue weighted by atomic mass is 16.4. The van der Waals surface area contributed by atoms with Gasteiger partial charge in [-0.25, -0.2) is 4.68 Å². The normalized spacial score (nSPS) is 23.9. The van der Waals surface area contributed by atoms with Gasteiger partial charge in [-0.15, -0.1) is 5.10 Å². The minimum Gasteiger partial charge on any atom is -0.481 e. The molecule has 1 N–H and O–H groups in total. The minimum atomic E-state index is -0.698. The first-order valence-electron chi connectivity index (χ1n) is 6.93. The Balaban J connectivity index is 1.51. The van der Waals surface area contributed by atoms with Crippen molar-refractivity contribution in [1.82, 2.24) is 25.1 Å². The van der Waals surface area contributed by atoms with Gasteiger partial charge in [0.2, 0.25) is 0 Å². The molecular weight excluding hydrogens is 246 g/mol.